The number of anilines is 1. The topological polar surface area (TPSA) is 53.8 Å². The Morgan fingerprint density at radius 2 is 1.96 bits per heavy atom. The van der Waals surface area contributed by atoms with Gasteiger partial charge in [-0.25, -0.2) is 0 Å². The van der Waals surface area contributed by atoms with Gasteiger partial charge in [0.15, 0.2) is 11.5 Å². The zero-order valence-corrected chi connectivity index (χ0v) is 14.4. The van der Waals surface area contributed by atoms with Crippen LogP contribution in [0.15, 0.2) is 20.7 Å². The van der Waals surface area contributed by atoms with Gasteiger partial charge in [-0.3, -0.25) is 9.59 Å². The number of fused-ring (bicyclic) bond motifs is 1. The van der Waals surface area contributed by atoms with E-state index in [1.54, 1.807) is 16.3 Å². The zero-order valence-electron chi connectivity index (χ0n) is 13.6. The number of carbonyl (C=O) groups excluding carboxylic acids is 1. The largest absolute Gasteiger partial charge is 0.439 e. The molecule has 3 heterocycles. The number of thiophene rings is 1. The van der Waals surface area contributed by atoms with Gasteiger partial charge in [0.25, 0.3) is 5.91 Å². The van der Waals surface area contributed by atoms with E-state index in [9.17, 15) is 9.59 Å². The second-order valence-electron chi connectivity index (χ2n) is 5.78. The van der Waals surface area contributed by atoms with Crippen molar-refractivity contribution in [3.05, 3.63) is 27.2 Å². The SMILES string of the molecule is CCN(CC)C(=O)c1csc2c(=O)cc(N3CCCCC3)oc12. The van der Waals surface area contributed by atoms with Crippen LogP contribution in [0.5, 0.6) is 0 Å². The van der Waals surface area contributed by atoms with Crippen molar-refractivity contribution in [3.8, 4) is 0 Å². The van der Waals surface area contributed by atoms with Gasteiger partial charge in [-0.15, -0.1) is 11.3 Å². The van der Waals surface area contributed by atoms with Gasteiger partial charge < -0.3 is 14.2 Å². The second-order valence-corrected chi connectivity index (χ2v) is 6.66. The molecule has 1 amide bonds. The van der Waals surface area contributed by atoms with Crippen LogP contribution in [-0.2, 0) is 0 Å². The highest BCUT2D eigenvalue weighted by molar-refractivity contribution is 7.17. The number of hydrogen-bond donors (Lipinski definition) is 0. The molecule has 0 aliphatic carbocycles. The first-order valence-electron chi connectivity index (χ1n) is 8.25. The lowest BCUT2D eigenvalue weighted by Gasteiger charge is -2.27. The van der Waals surface area contributed by atoms with Gasteiger partial charge in [0.05, 0.1) is 5.56 Å². The molecule has 6 heteroatoms. The van der Waals surface area contributed by atoms with Gasteiger partial charge in [0.2, 0.25) is 5.43 Å². The Bertz CT molecular complexity index is 755. The van der Waals surface area contributed by atoms with Crippen molar-refractivity contribution in [2.45, 2.75) is 33.1 Å². The molecule has 1 fully saturated rings. The third-order valence-corrected chi connectivity index (χ3v) is 5.36. The van der Waals surface area contributed by atoms with E-state index >= 15 is 0 Å². The quantitative estimate of drug-likeness (QED) is 0.860. The standard InChI is InChI=1S/C17H22N2O3S/c1-3-18(4-2)17(21)12-11-23-16-13(20)10-14(22-15(12)16)19-8-6-5-7-9-19/h10-11H,3-9H2,1-2H3. The molecule has 2 aromatic rings. The van der Waals surface area contributed by atoms with E-state index in [-0.39, 0.29) is 11.3 Å². The number of rotatable bonds is 4. The predicted molar refractivity (Wildman–Crippen MR) is 93.7 cm³/mol. The molecule has 2 aromatic heterocycles. The maximum Gasteiger partial charge on any atom is 0.258 e. The van der Waals surface area contributed by atoms with Crippen LogP contribution < -0.4 is 10.3 Å². The highest BCUT2D eigenvalue weighted by Gasteiger charge is 2.22. The van der Waals surface area contributed by atoms with Crippen molar-refractivity contribution >= 4 is 33.4 Å². The molecule has 0 N–H and O–H groups in total. The van der Waals surface area contributed by atoms with Crippen LogP contribution in [0.4, 0.5) is 5.88 Å². The fourth-order valence-corrected chi connectivity index (χ4v) is 3.91. The van der Waals surface area contributed by atoms with Gasteiger partial charge in [-0.1, -0.05) is 0 Å². The molecular weight excluding hydrogens is 312 g/mol. The molecule has 1 saturated heterocycles. The van der Waals surface area contributed by atoms with Crippen LogP contribution in [0, 0.1) is 0 Å². The maximum atomic E-state index is 12.6. The summed E-state index contributed by atoms with van der Waals surface area (Å²) >= 11 is 1.29. The Kier molecular flexibility index (Phi) is 4.71. The Morgan fingerprint density at radius 1 is 1.26 bits per heavy atom. The lowest BCUT2D eigenvalue weighted by molar-refractivity contribution is 0.0774. The minimum absolute atomic E-state index is 0.0598. The third kappa shape index (κ3) is 3.00. The fraction of sp³-hybridized carbons (Fsp3) is 0.529. The van der Waals surface area contributed by atoms with Crippen molar-refractivity contribution < 1.29 is 9.21 Å². The summed E-state index contributed by atoms with van der Waals surface area (Å²) < 4.78 is 6.53. The Labute approximate surface area is 139 Å². The van der Waals surface area contributed by atoms with Crippen LogP contribution in [0.2, 0.25) is 0 Å². The van der Waals surface area contributed by atoms with Crippen molar-refractivity contribution in [2.24, 2.45) is 0 Å². The molecule has 1 aliphatic heterocycles. The normalized spacial score (nSPS) is 15.1. The molecule has 0 saturated carbocycles. The first-order valence-corrected chi connectivity index (χ1v) is 9.13. The van der Waals surface area contributed by atoms with Crippen LogP contribution >= 0.6 is 11.3 Å². The first-order chi connectivity index (χ1) is 11.2. The van der Waals surface area contributed by atoms with Crippen molar-refractivity contribution in [2.75, 3.05) is 31.1 Å². The van der Waals surface area contributed by atoms with E-state index in [2.05, 4.69) is 4.90 Å². The van der Waals surface area contributed by atoms with E-state index in [1.807, 2.05) is 13.8 Å². The molecule has 23 heavy (non-hydrogen) atoms. The molecule has 0 aromatic carbocycles. The molecular formula is C17H22N2O3S. The Balaban J connectivity index is 2.05. The lowest BCUT2D eigenvalue weighted by Crippen LogP contribution is -2.31. The molecule has 0 atom stereocenters. The average molecular weight is 334 g/mol. The summed E-state index contributed by atoms with van der Waals surface area (Å²) in [5, 5.41) is 1.75. The molecule has 5 nitrogen and oxygen atoms in total. The second kappa shape index (κ2) is 6.74. The number of carbonyl (C=O) groups is 1. The van der Waals surface area contributed by atoms with Gasteiger partial charge in [-0.05, 0) is 33.1 Å². The van der Waals surface area contributed by atoms with Gasteiger partial charge in [-0.2, -0.15) is 0 Å². The van der Waals surface area contributed by atoms with Crippen LogP contribution in [0.3, 0.4) is 0 Å². The molecule has 0 spiro atoms. The summed E-state index contributed by atoms with van der Waals surface area (Å²) in [6, 6.07) is 1.57. The summed E-state index contributed by atoms with van der Waals surface area (Å²) in [6.07, 6.45) is 3.43. The fourth-order valence-electron chi connectivity index (χ4n) is 3.03. The minimum Gasteiger partial charge on any atom is -0.439 e. The highest BCUT2D eigenvalue weighted by Crippen LogP contribution is 2.29. The molecule has 124 valence electrons. The maximum absolute atomic E-state index is 12.6. The number of amides is 1. The molecule has 3 rings (SSSR count). The van der Waals surface area contributed by atoms with Gasteiger partial charge in [0.1, 0.15) is 4.70 Å². The van der Waals surface area contributed by atoms with E-state index in [4.69, 9.17) is 4.42 Å². The van der Waals surface area contributed by atoms with Crippen LogP contribution in [-0.4, -0.2) is 37.0 Å². The van der Waals surface area contributed by atoms with Crippen molar-refractivity contribution in [3.63, 3.8) is 0 Å². The van der Waals surface area contributed by atoms with Crippen molar-refractivity contribution in [1.82, 2.24) is 4.90 Å². The summed E-state index contributed by atoms with van der Waals surface area (Å²) in [4.78, 5) is 28.9. The molecule has 0 bridgehead atoms. The summed E-state index contributed by atoms with van der Waals surface area (Å²) in [5.74, 6) is 0.523. The minimum atomic E-state index is -0.0693. The van der Waals surface area contributed by atoms with E-state index in [0.717, 1.165) is 25.9 Å². The number of piperidine rings is 1. The first kappa shape index (κ1) is 16.1. The van der Waals surface area contributed by atoms with E-state index in [1.165, 1.54) is 17.8 Å². The summed E-state index contributed by atoms with van der Waals surface area (Å²) in [5.41, 5.74) is 0.889. The molecule has 0 unspecified atom stereocenters. The molecule has 0 radical (unpaired) electrons. The summed E-state index contributed by atoms with van der Waals surface area (Å²) in [6.45, 7) is 6.98. The zero-order chi connectivity index (χ0) is 16.4. The van der Waals surface area contributed by atoms with Gasteiger partial charge >= 0.3 is 0 Å². The Hall–Kier alpha value is -1.82. The monoisotopic (exact) mass is 334 g/mol. The average Bonchev–Trinajstić information content (AvgIpc) is 3.01. The van der Waals surface area contributed by atoms with E-state index < -0.39 is 0 Å². The predicted octanol–water partition coefficient (Wildman–Crippen LogP) is 3.33. The van der Waals surface area contributed by atoms with E-state index in [0.29, 0.717) is 34.8 Å². The molecule has 1 aliphatic rings. The van der Waals surface area contributed by atoms with Gasteiger partial charge in [0, 0.05) is 37.6 Å². The lowest BCUT2D eigenvalue weighted by atomic mass is 10.1. The van der Waals surface area contributed by atoms with Crippen LogP contribution in [0.1, 0.15) is 43.5 Å². The van der Waals surface area contributed by atoms with Crippen molar-refractivity contribution in [1.29, 1.82) is 0 Å². The smallest absolute Gasteiger partial charge is 0.258 e. The Morgan fingerprint density at radius 3 is 2.61 bits per heavy atom. The number of hydrogen-bond acceptors (Lipinski definition) is 5. The number of nitrogens with zero attached hydrogens (tertiary/aromatic N) is 2. The third-order valence-electron chi connectivity index (χ3n) is 4.38. The van der Waals surface area contributed by atoms with Crippen LogP contribution in [0.25, 0.3) is 10.3 Å². The summed E-state index contributed by atoms with van der Waals surface area (Å²) in [7, 11) is 0. The highest BCUT2D eigenvalue weighted by atomic mass is 32.1.